The number of benzene rings is 2. The number of anilines is 1. The number of rotatable bonds is 8. The molecule has 3 N–H and O–H groups in total. The van der Waals surface area contributed by atoms with Crippen LogP contribution in [-0.4, -0.2) is 23.8 Å². The second-order valence-electron chi connectivity index (χ2n) is 5.48. The van der Waals surface area contributed by atoms with Crippen LogP contribution in [0.4, 0.5) is 5.69 Å². The minimum Gasteiger partial charge on any atom is -0.497 e. The first kappa shape index (κ1) is 18.3. The molecule has 1 amide bonds. The lowest BCUT2D eigenvalue weighted by molar-refractivity contribution is -0.115. The zero-order valence-electron chi connectivity index (χ0n) is 14.3. The molecule has 134 valence electrons. The number of nitrogens with one attached hydrogen (secondary N) is 1. The number of primary amides is 1. The summed E-state index contributed by atoms with van der Waals surface area (Å²) < 4.78 is 5.27. The second kappa shape index (κ2) is 8.73. The van der Waals surface area contributed by atoms with Crippen LogP contribution in [0.3, 0.4) is 0 Å². The molecule has 1 aromatic heterocycles. The highest BCUT2D eigenvalue weighted by atomic mass is 32.2. The zero-order chi connectivity index (χ0) is 18.4. The van der Waals surface area contributed by atoms with Crippen LogP contribution in [0.2, 0.25) is 0 Å². The normalized spacial score (nSPS) is 10.5. The van der Waals surface area contributed by atoms with Crippen molar-refractivity contribution in [3.8, 4) is 16.3 Å². The number of aromatic nitrogens is 1. The Hall–Kier alpha value is -2.51. The van der Waals surface area contributed by atoms with E-state index in [1.165, 1.54) is 11.8 Å². The fourth-order valence-electron chi connectivity index (χ4n) is 2.35. The largest absolute Gasteiger partial charge is 0.497 e. The van der Waals surface area contributed by atoms with E-state index in [0.29, 0.717) is 6.54 Å². The molecule has 0 aliphatic carbocycles. The highest BCUT2D eigenvalue weighted by Crippen LogP contribution is 2.29. The number of nitrogens with zero attached hydrogens (tertiary/aromatic N) is 1. The summed E-state index contributed by atoms with van der Waals surface area (Å²) in [5, 5.41) is 6.39. The summed E-state index contributed by atoms with van der Waals surface area (Å²) in [4.78, 5) is 16.7. The van der Waals surface area contributed by atoms with Gasteiger partial charge in [-0.25, -0.2) is 4.98 Å². The number of nitrogens with two attached hydrogens (primary N) is 1. The third-order valence-electron chi connectivity index (χ3n) is 3.59. The van der Waals surface area contributed by atoms with Crippen LogP contribution < -0.4 is 15.8 Å². The molecule has 2 aromatic carbocycles. The number of amides is 1. The summed E-state index contributed by atoms with van der Waals surface area (Å²) in [5.41, 5.74) is 8.20. The summed E-state index contributed by atoms with van der Waals surface area (Å²) in [6.45, 7) is 0.606. The number of methoxy groups -OCH3 is 1. The Kier molecular flexibility index (Phi) is 6.14. The van der Waals surface area contributed by atoms with Gasteiger partial charge in [-0.3, -0.25) is 4.79 Å². The van der Waals surface area contributed by atoms with Gasteiger partial charge in [0.2, 0.25) is 5.91 Å². The molecule has 0 aliphatic rings. The van der Waals surface area contributed by atoms with E-state index in [2.05, 4.69) is 5.32 Å². The number of hydrogen-bond donors (Lipinski definition) is 2. The predicted octanol–water partition coefficient (Wildman–Crippen LogP) is 4.01. The fraction of sp³-hybridized carbons (Fsp3) is 0.158. The molecule has 0 atom stereocenters. The quantitative estimate of drug-likeness (QED) is 0.573. The van der Waals surface area contributed by atoms with E-state index < -0.39 is 0 Å². The second-order valence-corrected chi connectivity index (χ2v) is 7.36. The minimum atomic E-state index is -0.327. The van der Waals surface area contributed by atoms with Gasteiger partial charge in [-0.1, -0.05) is 24.3 Å². The number of thiazole rings is 1. The third kappa shape index (κ3) is 4.77. The van der Waals surface area contributed by atoms with Gasteiger partial charge in [0, 0.05) is 21.5 Å². The van der Waals surface area contributed by atoms with Gasteiger partial charge < -0.3 is 15.8 Å². The SMILES string of the molecule is COc1cccc(-c2nc(CNc3ccccc3SCC(N)=O)cs2)c1. The van der Waals surface area contributed by atoms with E-state index in [4.69, 9.17) is 15.5 Å². The topological polar surface area (TPSA) is 77.2 Å². The molecule has 0 unspecified atom stereocenters. The van der Waals surface area contributed by atoms with Gasteiger partial charge in [0.05, 0.1) is 25.1 Å². The Labute approximate surface area is 160 Å². The summed E-state index contributed by atoms with van der Waals surface area (Å²) in [6, 6.07) is 15.7. The van der Waals surface area contributed by atoms with Gasteiger partial charge in [-0.05, 0) is 24.3 Å². The van der Waals surface area contributed by atoms with Crippen LogP contribution in [0.25, 0.3) is 10.6 Å². The molecule has 3 aromatic rings. The minimum absolute atomic E-state index is 0.259. The van der Waals surface area contributed by atoms with E-state index in [1.807, 2.05) is 53.9 Å². The molecule has 7 heteroatoms. The third-order valence-corrected chi connectivity index (χ3v) is 5.62. The van der Waals surface area contributed by atoms with Crippen LogP contribution in [0.15, 0.2) is 58.8 Å². The number of carbonyl (C=O) groups excluding carboxylic acids is 1. The molecule has 0 saturated heterocycles. The smallest absolute Gasteiger partial charge is 0.227 e. The maximum atomic E-state index is 11.0. The molecule has 0 saturated carbocycles. The number of thioether (sulfide) groups is 1. The molecule has 0 bridgehead atoms. The molecule has 0 fully saturated rings. The van der Waals surface area contributed by atoms with Crippen LogP contribution in [0, 0.1) is 0 Å². The Morgan fingerprint density at radius 1 is 1.27 bits per heavy atom. The van der Waals surface area contributed by atoms with Crippen molar-refractivity contribution in [1.29, 1.82) is 0 Å². The number of ether oxygens (including phenoxy) is 1. The lowest BCUT2D eigenvalue weighted by atomic mass is 10.2. The Morgan fingerprint density at radius 2 is 2.12 bits per heavy atom. The molecule has 0 radical (unpaired) electrons. The average Bonchev–Trinajstić information content (AvgIpc) is 3.14. The molecule has 3 rings (SSSR count). The highest BCUT2D eigenvalue weighted by molar-refractivity contribution is 8.00. The summed E-state index contributed by atoms with van der Waals surface area (Å²) >= 11 is 3.03. The van der Waals surface area contributed by atoms with Gasteiger partial charge in [0.1, 0.15) is 10.8 Å². The van der Waals surface area contributed by atoms with Crippen molar-refractivity contribution in [3.63, 3.8) is 0 Å². The van der Waals surface area contributed by atoms with Gasteiger partial charge in [0.15, 0.2) is 0 Å². The standard InChI is InChI=1S/C19H19N3O2S2/c1-24-15-6-4-5-13(9-15)19-22-14(11-26-19)10-21-16-7-2-3-8-17(16)25-12-18(20)23/h2-9,11,21H,10,12H2,1H3,(H2,20,23). The zero-order valence-corrected chi connectivity index (χ0v) is 15.9. The first-order valence-electron chi connectivity index (χ1n) is 7.98. The Balaban J connectivity index is 1.68. The van der Waals surface area contributed by atoms with Crippen molar-refractivity contribution in [2.45, 2.75) is 11.4 Å². The van der Waals surface area contributed by atoms with Crippen molar-refractivity contribution in [2.75, 3.05) is 18.2 Å². The van der Waals surface area contributed by atoms with E-state index in [1.54, 1.807) is 18.4 Å². The highest BCUT2D eigenvalue weighted by Gasteiger charge is 2.08. The van der Waals surface area contributed by atoms with Crippen LogP contribution in [0.5, 0.6) is 5.75 Å². The van der Waals surface area contributed by atoms with Crippen molar-refractivity contribution < 1.29 is 9.53 Å². The number of carbonyl (C=O) groups is 1. The van der Waals surface area contributed by atoms with Crippen LogP contribution in [0.1, 0.15) is 5.69 Å². The first-order valence-corrected chi connectivity index (χ1v) is 9.85. The fourth-order valence-corrected chi connectivity index (χ4v) is 3.94. The summed E-state index contributed by atoms with van der Waals surface area (Å²) in [7, 11) is 1.66. The maximum Gasteiger partial charge on any atom is 0.227 e. The van der Waals surface area contributed by atoms with Crippen molar-refractivity contribution >= 4 is 34.7 Å². The number of hydrogen-bond acceptors (Lipinski definition) is 6. The summed E-state index contributed by atoms with van der Waals surface area (Å²) in [5.74, 6) is 0.750. The monoisotopic (exact) mass is 385 g/mol. The molecule has 1 heterocycles. The molecular formula is C19H19N3O2S2. The lowest BCUT2D eigenvalue weighted by Gasteiger charge is -2.10. The molecule has 0 aliphatic heterocycles. The molecule has 26 heavy (non-hydrogen) atoms. The van der Waals surface area contributed by atoms with Crippen molar-refractivity contribution in [2.24, 2.45) is 5.73 Å². The maximum absolute atomic E-state index is 11.0. The van der Waals surface area contributed by atoms with Gasteiger partial charge >= 0.3 is 0 Å². The van der Waals surface area contributed by atoms with Gasteiger partial charge in [-0.2, -0.15) is 0 Å². The first-order chi connectivity index (χ1) is 12.7. The van der Waals surface area contributed by atoms with E-state index in [9.17, 15) is 4.79 Å². The van der Waals surface area contributed by atoms with Crippen LogP contribution >= 0.6 is 23.1 Å². The van der Waals surface area contributed by atoms with E-state index >= 15 is 0 Å². The van der Waals surface area contributed by atoms with Gasteiger partial charge in [-0.15, -0.1) is 23.1 Å². The molecule has 0 spiro atoms. The van der Waals surface area contributed by atoms with E-state index in [-0.39, 0.29) is 11.7 Å². The Bertz CT molecular complexity index is 896. The lowest BCUT2D eigenvalue weighted by Crippen LogP contribution is -2.13. The summed E-state index contributed by atoms with van der Waals surface area (Å²) in [6.07, 6.45) is 0. The average molecular weight is 386 g/mol. The van der Waals surface area contributed by atoms with Gasteiger partial charge in [0.25, 0.3) is 0 Å². The molecular weight excluding hydrogens is 366 g/mol. The van der Waals surface area contributed by atoms with E-state index in [0.717, 1.165) is 32.6 Å². The van der Waals surface area contributed by atoms with Crippen LogP contribution in [-0.2, 0) is 11.3 Å². The van der Waals surface area contributed by atoms with Crippen molar-refractivity contribution in [1.82, 2.24) is 4.98 Å². The Morgan fingerprint density at radius 3 is 2.92 bits per heavy atom. The number of para-hydroxylation sites is 1. The predicted molar refractivity (Wildman–Crippen MR) is 108 cm³/mol. The molecule has 5 nitrogen and oxygen atoms in total. The van der Waals surface area contributed by atoms with Crippen molar-refractivity contribution in [3.05, 3.63) is 59.6 Å².